The van der Waals surface area contributed by atoms with Crippen molar-refractivity contribution in [2.45, 2.75) is 60.3 Å². The Kier molecular flexibility index (Phi) is 10.8. The largest absolute Gasteiger partial charge is 0.478 e. The first-order valence-electron chi connectivity index (χ1n) is 7.93. The zero-order chi connectivity index (χ0) is 17.0. The number of hydrogen-bond donors (Lipinski definition) is 1. The second-order valence-electron chi connectivity index (χ2n) is 5.46. The van der Waals surface area contributed by atoms with Crippen LogP contribution in [0.2, 0.25) is 0 Å². The van der Waals surface area contributed by atoms with E-state index in [2.05, 4.69) is 36.5 Å². The Morgan fingerprint density at radius 3 is 1.77 bits per heavy atom. The number of allylic oxidation sites excluding steroid dienone is 9. The maximum atomic E-state index is 11.0. The molecule has 0 aliphatic heterocycles. The highest BCUT2D eigenvalue weighted by Crippen LogP contribution is 2.18. The van der Waals surface area contributed by atoms with Crippen molar-refractivity contribution in [3.8, 4) is 0 Å². The summed E-state index contributed by atoms with van der Waals surface area (Å²) in [7, 11) is 0. The first kappa shape index (κ1) is 20.2. The van der Waals surface area contributed by atoms with E-state index in [9.17, 15) is 4.79 Å². The third-order valence-electron chi connectivity index (χ3n) is 3.81. The van der Waals surface area contributed by atoms with E-state index in [-0.39, 0.29) is 0 Å². The molecule has 0 radical (unpaired) electrons. The van der Waals surface area contributed by atoms with Crippen molar-refractivity contribution in [1.82, 2.24) is 0 Å². The number of carboxylic acids is 1. The van der Waals surface area contributed by atoms with E-state index in [0.29, 0.717) is 5.57 Å². The molecule has 0 fully saturated rings. The Hall–Kier alpha value is -1.83. The number of carboxylic acid groups (broad SMARTS) is 1. The highest BCUT2D eigenvalue weighted by Gasteiger charge is 2.07. The molecule has 1 N–H and O–H groups in total. The molecule has 0 amide bonds. The average Bonchev–Trinajstić information content (AvgIpc) is 2.50. The predicted molar refractivity (Wildman–Crippen MR) is 95.9 cm³/mol. The second kappa shape index (κ2) is 11.8. The van der Waals surface area contributed by atoms with Gasteiger partial charge in [-0.05, 0) is 77.0 Å². The van der Waals surface area contributed by atoms with Crippen LogP contribution in [0.1, 0.15) is 60.3 Å². The Balaban J connectivity index is 4.41. The molecule has 2 heteroatoms. The van der Waals surface area contributed by atoms with E-state index in [1.54, 1.807) is 6.92 Å². The lowest BCUT2D eigenvalue weighted by Crippen LogP contribution is -2.00. The van der Waals surface area contributed by atoms with Crippen LogP contribution in [0.15, 0.2) is 58.7 Å². The number of unbranched alkanes of at least 4 members (excludes halogenated alkanes) is 2. The molecule has 2 nitrogen and oxygen atoms in total. The van der Waals surface area contributed by atoms with Gasteiger partial charge >= 0.3 is 5.97 Å². The van der Waals surface area contributed by atoms with Gasteiger partial charge in [0.1, 0.15) is 0 Å². The summed E-state index contributed by atoms with van der Waals surface area (Å²) in [6.45, 7) is 9.56. The molecular formula is C20H30O2. The van der Waals surface area contributed by atoms with Gasteiger partial charge in [-0.2, -0.15) is 0 Å². The summed E-state index contributed by atoms with van der Waals surface area (Å²) in [6.07, 6.45) is 17.2. The summed E-state index contributed by atoms with van der Waals surface area (Å²) < 4.78 is 0. The Morgan fingerprint density at radius 2 is 1.27 bits per heavy atom. The Labute approximate surface area is 135 Å². The summed E-state index contributed by atoms with van der Waals surface area (Å²) in [5.41, 5.74) is 3.42. The summed E-state index contributed by atoms with van der Waals surface area (Å²) in [5.74, 6) is -0.850. The second-order valence-corrected chi connectivity index (χ2v) is 5.46. The monoisotopic (exact) mass is 302 g/mol. The number of carbonyl (C=O) groups is 1. The van der Waals surface area contributed by atoms with Crippen LogP contribution in [0, 0.1) is 0 Å². The topological polar surface area (TPSA) is 37.3 Å². The Morgan fingerprint density at radius 1 is 0.773 bits per heavy atom. The third kappa shape index (κ3) is 8.46. The maximum absolute atomic E-state index is 11.0. The smallest absolute Gasteiger partial charge is 0.331 e. The minimum atomic E-state index is -0.850. The van der Waals surface area contributed by atoms with Crippen LogP contribution >= 0.6 is 0 Å². The zero-order valence-electron chi connectivity index (χ0n) is 14.6. The van der Waals surface area contributed by atoms with Gasteiger partial charge in [0.25, 0.3) is 0 Å². The lowest BCUT2D eigenvalue weighted by molar-refractivity contribution is -0.132. The van der Waals surface area contributed by atoms with Crippen LogP contribution in [-0.4, -0.2) is 11.1 Å². The number of rotatable bonds is 9. The third-order valence-corrected chi connectivity index (χ3v) is 3.81. The Bertz CT molecular complexity index is 500. The van der Waals surface area contributed by atoms with E-state index in [4.69, 9.17) is 5.11 Å². The van der Waals surface area contributed by atoms with Crippen LogP contribution < -0.4 is 0 Å². The molecule has 0 spiro atoms. The van der Waals surface area contributed by atoms with Crippen LogP contribution in [0.5, 0.6) is 0 Å². The van der Waals surface area contributed by atoms with Crippen molar-refractivity contribution in [3.63, 3.8) is 0 Å². The highest BCUT2D eigenvalue weighted by atomic mass is 16.4. The highest BCUT2D eigenvalue weighted by molar-refractivity contribution is 5.87. The van der Waals surface area contributed by atoms with E-state index >= 15 is 0 Å². The molecule has 0 aromatic heterocycles. The summed E-state index contributed by atoms with van der Waals surface area (Å²) in [6, 6.07) is 0. The van der Waals surface area contributed by atoms with Crippen LogP contribution in [0.3, 0.4) is 0 Å². The predicted octanol–water partition coefficient (Wildman–Crippen LogP) is 5.99. The molecular weight excluding hydrogens is 272 g/mol. The SMILES string of the molecule is CC=CCC/C=C/CC/C=C/C(C)=C(C)/C(C)=C(\C)C(=O)O. The van der Waals surface area contributed by atoms with Gasteiger partial charge in [0.15, 0.2) is 0 Å². The maximum Gasteiger partial charge on any atom is 0.331 e. The molecule has 0 aliphatic rings. The standard InChI is InChI=1S/C20H30O2/c1-6-7-8-9-10-11-12-13-14-15-16(2)17(3)18(4)19(5)20(21)22/h6-7,10-11,14-15H,8-9,12-13H2,1-5H3,(H,21,22)/b7-6?,11-10+,15-14+,17-16+,19-18+. The van der Waals surface area contributed by atoms with Gasteiger partial charge in [0.05, 0.1) is 0 Å². The zero-order valence-corrected chi connectivity index (χ0v) is 14.6. The molecule has 0 rings (SSSR count). The lowest BCUT2D eigenvalue weighted by atomic mass is 9.99. The lowest BCUT2D eigenvalue weighted by Gasteiger charge is -2.07. The molecule has 0 aromatic rings. The number of aliphatic carboxylic acids is 1. The first-order chi connectivity index (χ1) is 10.4. The van der Waals surface area contributed by atoms with Gasteiger partial charge < -0.3 is 5.11 Å². The summed E-state index contributed by atoms with van der Waals surface area (Å²) >= 11 is 0. The molecule has 0 saturated heterocycles. The first-order valence-corrected chi connectivity index (χ1v) is 7.93. The molecule has 0 heterocycles. The summed E-state index contributed by atoms with van der Waals surface area (Å²) in [4.78, 5) is 11.0. The van der Waals surface area contributed by atoms with E-state index in [1.807, 2.05) is 27.7 Å². The van der Waals surface area contributed by atoms with Crippen molar-refractivity contribution in [2.24, 2.45) is 0 Å². The van der Waals surface area contributed by atoms with Gasteiger partial charge in [0, 0.05) is 5.57 Å². The van der Waals surface area contributed by atoms with E-state index < -0.39 is 5.97 Å². The minimum Gasteiger partial charge on any atom is -0.478 e. The fourth-order valence-corrected chi connectivity index (χ4v) is 1.91. The van der Waals surface area contributed by atoms with E-state index in [1.165, 1.54) is 0 Å². The molecule has 0 saturated carbocycles. The average molecular weight is 302 g/mol. The van der Waals surface area contributed by atoms with Gasteiger partial charge in [-0.15, -0.1) is 0 Å². The fourth-order valence-electron chi connectivity index (χ4n) is 1.91. The normalized spacial score (nSPS) is 14.8. The molecule has 122 valence electrons. The number of hydrogen-bond acceptors (Lipinski definition) is 1. The molecule has 0 aliphatic carbocycles. The molecule has 0 unspecified atom stereocenters. The van der Waals surface area contributed by atoms with Gasteiger partial charge in [-0.1, -0.05) is 36.5 Å². The molecule has 0 aromatic carbocycles. The van der Waals surface area contributed by atoms with Crippen molar-refractivity contribution in [3.05, 3.63) is 58.7 Å². The van der Waals surface area contributed by atoms with Crippen LogP contribution in [0.25, 0.3) is 0 Å². The quantitative estimate of drug-likeness (QED) is 0.246. The van der Waals surface area contributed by atoms with E-state index in [0.717, 1.165) is 42.4 Å². The van der Waals surface area contributed by atoms with Crippen molar-refractivity contribution >= 4 is 5.97 Å². The van der Waals surface area contributed by atoms with Crippen LogP contribution in [-0.2, 0) is 4.79 Å². The molecule has 0 atom stereocenters. The van der Waals surface area contributed by atoms with Gasteiger partial charge in [-0.25, -0.2) is 4.79 Å². The molecule has 0 bridgehead atoms. The molecule has 22 heavy (non-hydrogen) atoms. The van der Waals surface area contributed by atoms with Gasteiger partial charge in [-0.3, -0.25) is 0 Å². The minimum absolute atomic E-state index is 0.411. The van der Waals surface area contributed by atoms with Crippen molar-refractivity contribution < 1.29 is 9.90 Å². The van der Waals surface area contributed by atoms with Crippen molar-refractivity contribution in [1.29, 1.82) is 0 Å². The fraction of sp³-hybridized carbons (Fsp3) is 0.450. The van der Waals surface area contributed by atoms with Crippen LogP contribution in [0.4, 0.5) is 0 Å². The summed E-state index contributed by atoms with van der Waals surface area (Å²) in [5, 5.41) is 9.02. The van der Waals surface area contributed by atoms with Gasteiger partial charge in [0.2, 0.25) is 0 Å². The van der Waals surface area contributed by atoms with Crippen molar-refractivity contribution in [2.75, 3.05) is 0 Å².